The summed E-state index contributed by atoms with van der Waals surface area (Å²) in [6.07, 6.45) is 23.0. The minimum atomic E-state index is -0.695. The van der Waals surface area contributed by atoms with Crippen LogP contribution < -0.4 is 5.73 Å². The smallest absolute Gasteiger partial charge is 0.254 e. The summed E-state index contributed by atoms with van der Waals surface area (Å²) in [6, 6.07) is 4.24. The highest BCUT2D eigenvalue weighted by atomic mass is 16.2. The highest BCUT2D eigenvalue weighted by Gasteiger charge is 2.25. The van der Waals surface area contributed by atoms with Crippen molar-refractivity contribution < 1.29 is 9.59 Å². The van der Waals surface area contributed by atoms with Crippen molar-refractivity contribution in [2.75, 3.05) is 6.54 Å². The second kappa shape index (κ2) is 14.3. The molecule has 4 heteroatoms. The Balaban J connectivity index is 2.63. The molecule has 1 atom stereocenters. The van der Waals surface area contributed by atoms with Crippen molar-refractivity contribution in [2.45, 2.75) is 84.1 Å². The zero-order chi connectivity index (χ0) is 22.4. The summed E-state index contributed by atoms with van der Waals surface area (Å²) in [5.74, 6) is 4.24. The van der Waals surface area contributed by atoms with Gasteiger partial charge in [0.2, 0.25) is 5.91 Å². The van der Waals surface area contributed by atoms with Gasteiger partial charge in [-0.2, -0.15) is 0 Å². The quantitative estimate of drug-likeness (QED) is 0.352. The molecule has 0 spiro atoms. The normalized spacial score (nSPS) is 11.3. The van der Waals surface area contributed by atoms with Crippen LogP contribution in [-0.4, -0.2) is 29.3 Å². The number of benzene rings is 1. The molecule has 0 aromatic heterocycles. The number of hydrogen-bond acceptors (Lipinski definition) is 2. The molecule has 0 radical (unpaired) electrons. The number of terminal acetylenes is 2. The lowest BCUT2D eigenvalue weighted by Gasteiger charge is -2.27. The summed E-state index contributed by atoms with van der Waals surface area (Å²) in [7, 11) is 0. The molecule has 0 bridgehead atoms. The van der Waals surface area contributed by atoms with Crippen LogP contribution in [0.15, 0.2) is 18.2 Å². The van der Waals surface area contributed by atoms with E-state index in [0.29, 0.717) is 23.2 Å². The average molecular weight is 409 g/mol. The van der Waals surface area contributed by atoms with E-state index in [9.17, 15) is 9.59 Å². The Kier molecular flexibility index (Phi) is 12.1. The van der Waals surface area contributed by atoms with Crippen molar-refractivity contribution in [1.29, 1.82) is 0 Å². The zero-order valence-electron chi connectivity index (χ0n) is 18.6. The van der Waals surface area contributed by atoms with Gasteiger partial charge < -0.3 is 10.6 Å². The van der Waals surface area contributed by atoms with E-state index in [1.807, 2.05) is 0 Å². The van der Waals surface area contributed by atoms with Crippen molar-refractivity contribution >= 4 is 11.8 Å². The molecule has 0 saturated carbocycles. The largest absolute Gasteiger partial charge is 0.368 e. The average Bonchev–Trinajstić information content (AvgIpc) is 2.76. The lowest BCUT2D eigenvalue weighted by molar-refractivity contribution is -0.122. The minimum Gasteiger partial charge on any atom is -0.368 e. The first-order valence-electron chi connectivity index (χ1n) is 11.1. The number of carbonyl (C=O) groups is 2. The van der Waals surface area contributed by atoms with E-state index in [-0.39, 0.29) is 5.91 Å². The van der Waals surface area contributed by atoms with Crippen molar-refractivity contribution in [2.24, 2.45) is 5.73 Å². The SMILES string of the molecule is C#Cc1cc(C#C)cc(C(=O)N(CCCCCCCCCCCC)[C@@H](C)C(N)=O)c1. The predicted octanol–water partition coefficient (Wildman–Crippen LogP) is 4.89. The zero-order valence-corrected chi connectivity index (χ0v) is 18.6. The number of nitrogens with two attached hydrogens (primary N) is 1. The number of primary amides is 1. The van der Waals surface area contributed by atoms with Gasteiger partial charge in [0.1, 0.15) is 6.04 Å². The third-order valence-electron chi connectivity index (χ3n) is 5.41. The molecule has 0 aliphatic carbocycles. The third-order valence-corrected chi connectivity index (χ3v) is 5.41. The molecule has 0 aliphatic heterocycles. The van der Waals surface area contributed by atoms with Gasteiger partial charge in [0.25, 0.3) is 5.91 Å². The van der Waals surface area contributed by atoms with Gasteiger partial charge in [-0.25, -0.2) is 0 Å². The van der Waals surface area contributed by atoms with Crippen LogP contribution in [0.25, 0.3) is 0 Å². The van der Waals surface area contributed by atoms with Gasteiger partial charge in [0.05, 0.1) is 0 Å². The molecule has 162 valence electrons. The van der Waals surface area contributed by atoms with E-state index in [2.05, 4.69) is 18.8 Å². The summed E-state index contributed by atoms with van der Waals surface area (Å²) < 4.78 is 0. The molecule has 2 amide bonds. The van der Waals surface area contributed by atoms with Crippen molar-refractivity contribution in [3.05, 3.63) is 34.9 Å². The second-order valence-electron chi connectivity index (χ2n) is 7.85. The van der Waals surface area contributed by atoms with Gasteiger partial charge in [-0.1, -0.05) is 76.6 Å². The molecular weight excluding hydrogens is 372 g/mol. The summed E-state index contributed by atoms with van der Waals surface area (Å²) in [5.41, 5.74) is 6.96. The van der Waals surface area contributed by atoms with E-state index < -0.39 is 11.9 Å². The monoisotopic (exact) mass is 408 g/mol. The van der Waals surface area contributed by atoms with Gasteiger partial charge in [-0.15, -0.1) is 12.8 Å². The van der Waals surface area contributed by atoms with E-state index >= 15 is 0 Å². The van der Waals surface area contributed by atoms with E-state index in [1.165, 1.54) is 49.8 Å². The molecule has 1 rings (SSSR count). The topological polar surface area (TPSA) is 63.4 Å². The number of amides is 2. The van der Waals surface area contributed by atoms with Crippen LogP contribution in [0, 0.1) is 24.7 Å². The number of unbranched alkanes of at least 4 members (excludes halogenated alkanes) is 9. The molecule has 1 aromatic rings. The minimum absolute atomic E-state index is 0.272. The van der Waals surface area contributed by atoms with Gasteiger partial charge in [-0.05, 0) is 31.5 Å². The van der Waals surface area contributed by atoms with E-state index in [4.69, 9.17) is 18.6 Å². The van der Waals surface area contributed by atoms with Crippen LogP contribution in [0.2, 0.25) is 0 Å². The Labute approximate surface area is 182 Å². The van der Waals surface area contributed by atoms with Gasteiger partial charge in [0.15, 0.2) is 0 Å². The maximum atomic E-state index is 13.1. The maximum Gasteiger partial charge on any atom is 0.254 e. The van der Waals surface area contributed by atoms with Crippen LogP contribution in [0.5, 0.6) is 0 Å². The van der Waals surface area contributed by atoms with Gasteiger partial charge >= 0.3 is 0 Å². The standard InChI is InChI=1S/C26H36N2O2/c1-5-8-9-10-11-12-13-14-15-16-17-28(21(4)25(27)29)26(30)24-19-22(6-2)18-23(7-3)20-24/h2-3,18-21H,5,8-17H2,1,4H3,(H2,27,29)/t21-/m0/s1. The summed E-state index contributed by atoms with van der Waals surface area (Å²) in [6.45, 7) is 4.36. The van der Waals surface area contributed by atoms with Crippen LogP contribution >= 0.6 is 0 Å². The van der Waals surface area contributed by atoms with E-state index in [1.54, 1.807) is 25.1 Å². The molecule has 2 N–H and O–H groups in total. The molecule has 1 aromatic carbocycles. The number of carbonyl (C=O) groups excluding carboxylic acids is 2. The summed E-state index contributed by atoms with van der Waals surface area (Å²) in [5, 5.41) is 0. The Bertz CT molecular complexity index is 738. The number of nitrogens with zero attached hydrogens (tertiary/aromatic N) is 1. The first-order chi connectivity index (χ1) is 14.4. The Morgan fingerprint density at radius 1 is 0.900 bits per heavy atom. The Morgan fingerprint density at radius 2 is 1.37 bits per heavy atom. The van der Waals surface area contributed by atoms with Crippen molar-refractivity contribution in [3.8, 4) is 24.7 Å². The molecule has 0 fully saturated rings. The lowest BCUT2D eigenvalue weighted by atomic mass is 10.0. The molecular formula is C26H36N2O2. The maximum absolute atomic E-state index is 13.1. The summed E-state index contributed by atoms with van der Waals surface area (Å²) >= 11 is 0. The fraction of sp³-hybridized carbons (Fsp3) is 0.538. The Hall–Kier alpha value is -2.72. The van der Waals surface area contributed by atoms with Crippen LogP contribution in [-0.2, 0) is 4.79 Å². The number of hydrogen-bond donors (Lipinski definition) is 1. The molecule has 0 unspecified atom stereocenters. The summed E-state index contributed by atoms with van der Waals surface area (Å²) in [4.78, 5) is 26.4. The van der Waals surface area contributed by atoms with Crippen LogP contribution in [0.4, 0.5) is 0 Å². The second-order valence-corrected chi connectivity index (χ2v) is 7.85. The molecule has 30 heavy (non-hydrogen) atoms. The first kappa shape index (κ1) is 25.3. The lowest BCUT2D eigenvalue weighted by Crippen LogP contribution is -2.46. The van der Waals surface area contributed by atoms with Crippen LogP contribution in [0.1, 0.15) is 99.5 Å². The molecule has 0 saturated heterocycles. The van der Waals surface area contributed by atoms with E-state index in [0.717, 1.165) is 19.3 Å². The highest BCUT2D eigenvalue weighted by Crippen LogP contribution is 2.16. The van der Waals surface area contributed by atoms with Crippen molar-refractivity contribution in [3.63, 3.8) is 0 Å². The van der Waals surface area contributed by atoms with Gasteiger partial charge in [0, 0.05) is 23.2 Å². The molecule has 0 aliphatic rings. The van der Waals surface area contributed by atoms with Crippen LogP contribution in [0.3, 0.4) is 0 Å². The first-order valence-corrected chi connectivity index (χ1v) is 11.1. The highest BCUT2D eigenvalue weighted by molar-refractivity contribution is 5.97. The fourth-order valence-electron chi connectivity index (χ4n) is 3.48. The van der Waals surface area contributed by atoms with Crippen molar-refractivity contribution in [1.82, 2.24) is 4.90 Å². The molecule has 4 nitrogen and oxygen atoms in total. The fourth-order valence-corrected chi connectivity index (χ4v) is 3.48. The molecule has 0 heterocycles. The third kappa shape index (κ3) is 8.75. The van der Waals surface area contributed by atoms with Gasteiger partial charge in [-0.3, -0.25) is 9.59 Å². The predicted molar refractivity (Wildman–Crippen MR) is 124 cm³/mol. The number of rotatable bonds is 14. The Morgan fingerprint density at radius 3 is 1.80 bits per heavy atom.